The number of likely N-dealkylation sites (N-methyl/N-ethyl adjacent to an activating group) is 1. The van der Waals surface area contributed by atoms with E-state index in [9.17, 15) is 4.79 Å². The molecule has 118 valence electrons. The fraction of sp³-hybridized carbons (Fsp3) is 0.588. The van der Waals surface area contributed by atoms with Gasteiger partial charge in [0.15, 0.2) is 0 Å². The molecule has 0 aliphatic carbocycles. The van der Waals surface area contributed by atoms with E-state index in [0.29, 0.717) is 5.92 Å². The second-order valence-corrected chi connectivity index (χ2v) is 6.17. The zero-order chi connectivity index (χ0) is 16.0. The monoisotopic (exact) mass is 291 g/mol. The largest absolute Gasteiger partial charge is 0.378 e. The lowest BCUT2D eigenvalue weighted by Crippen LogP contribution is -2.44. The van der Waals surface area contributed by atoms with Gasteiger partial charge in [0.05, 0.1) is 6.04 Å². The minimum absolute atomic E-state index is 0.0560. The molecule has 0 saturated heterocycles. The molecular formula is C17H29N3O. The van der Waals surface area contributed by atoms with E-state index in [1.807, 2.05) is 14.1 Å². The molecule has 4 heteroatoms. The van der Waals surface area contributed by atoms with Crippen molar-refractivity contribution in [1.29, 1.82) is 0 Å². The molecule has 0 fully saturated rings. The number of carbonyl (C=O) groups excluding carboxylic acids is 1. The number of amides is 1. The van der Waals surface area contributed by atoms with Crippen LogP contribution in [0.2, 0.25) is 0 Å². The maximum atomic E-state index is 12.0. The standard InChI is InChI=1S/C17H29N3O/c1-12(2)11-16(17(21)18-4)19-13(3)14-7-9-15(10-8-14)20(5)6/h7-10,12-13,16,19H,11H2,1-6H3,(H,18,21). The summed E-state index contributed by atoms with van der Waals surface area (Å²) >= 11 is 0. The molecule has 1 aromatic rings. The number of carbonyl (C=O) groups is 1. The van der Waals surface area contributed by atoms with Crippen LogP contribution in [0, 0.1) is 5.92 Å². The molecule has 21 heavy (non-hydrogen) atoms. The fourth-order valence-electron chi connectivity index (χ4n) is 2.36. The van der Waals surface area contributed by atoms with Gasteiger partial charge in [-0.1, -0.05) is 26.0 Å². The highest BCUT2D eigenvalue weighted by Gasteiger charge is 2.21. The van der Waals surface area contributed by atoms with E-state index in [0.717, 1.165) is 6.42 Å². The minimum Gasteiger partial charge on any atom is -0.378 e. The summed E-state index contributed by atoms with van der Waals surface area (Å²) < 4.78 is 0. The van der Waals surface area contributed by atoms with Gasteiger partial charge in [-0.3, -0.25) is 10.1 Å². The highest BCUT2D eigenvalue weighted by molar-refractivity contribution is 5.81. The zero-order valence-electron chi connectivity index (χ0n) is 14.1. The summed E-state index contributed by atoms with van der Waals surface area (Å²) in [4.78, 5) is 14.1. The van der Waals surface area contributed by atoms with E-state index in [-0.39, 0.29) is 18.0 Å². The van der Waals surface area contributed by atoms with Gasteiger partial charge in [0.2, 0.25) is 5.91 Å². The van der Waals surface area contributed by atoms with E-state index in [1.54, 1.807) is 7.05 Å². The summed E-state index contributed by atoms with van der Waals surface area (Å²) in [7, 11) is 5.75. The summed E-state index contributed by atoms with van der Waals surface area (Å²) in [5.41, 5.74) is 2.37. The van der Waals surface area contributed by atoms with Gasteiger partial charge in [-0.05, 0) is 37.0 Å². The van der Waals surface area contributed by atoms with Gasteiger partial charge < -0.3 is 10.2 Å². The van der Waals surface area contributed by atoms with Crippen molar-refractivity contribution in [3.8, 4) is 0 Å². The first-order chi connectivity index (χ1) is 9.85. The summed E-state index contributed by atoms with van der Waals surface area (Å²) in [5, 5.41) is 6.18. The molecule has 1 amide bonds. The van der Waals surface area contributed by atoms with Crippen molar-refractivity contribution in [3.63, 3.8) is 0 Å². The first-order valence-electron chi connectivity index (χ1n) is 7.60. The first-order valence-corrected chi connectivity index (χ1v) is 7.60. The molecule has 0 saturated carbocycles. The number of rotatable bonds is 7. The van der Waals surface area contributed by atoms with Crippen LogP contribution in [0.15, 0.2) is 24.3 Å². The first kappa shape index (κ1) is 17.5. The number of nitrogens with zero attached hydrogens (tertiary/aromatic N) is 1. The molecule has 2 atom stereocenters. The predicted molar refractivity (Wildman–Crippen MR) is 89.6 cm³/mol. The van der Waals surface area contributed by atoms with E-state index < -0.39 is 0 Å². The second-order valence-electron chi connectivity index (χ2n) is 6.17. The van der Waals surface area contributed by atoms with Crippen molar-refractivity contribution < 1.29 is 4.79 Å². The zero-order valence-corrected chi connectivity index (χ0v) is 14.1. The van der Waals surface area contributed by atoms with E-state index in [2.05, 4.69) is 60.6 Å². The van der Waals surface area contributed by atoms with E-state index in [1.165, 1.54) is 11.3 Å². The Bertz CT molecular complexity index is 440. The molecule has 0 spiro atoms. The van der Waals surface area contributed by atoms with Gasteiger partial charge in [-0.25, -0.2) is 0 Å². The average Bonchev–Trinajstić information content (AvgIpc) is 2.45. The summed E-state index contributed by atoms with van der Waals surface area (Å²) in [6, 6.07) is 8.42. The minimum atomic E-state index is -0.154. The molecule has 2 N–H and O–H groups in total. The predicted octanol–water partition coefficient (Wildman–Crippen LogP) is 2.56. The quantitative estimate of drug-likeness (QED) is 0.811. The molecule has 2 unspecified atom stereocenters. The van der Waals surface area contributed by atoms with Crippen LogP contribution in [0.1, 0.15) is 38.8 Å². The van der Waals surface area contributed by atoms with Gasteiger partial charge >= 0.3 is 0 Å². The van der Waals surface area contributed by atoms with Crippen molar-refractivity contribution in [2.75, 3.05) is 26.0 Å². The van der Waals surface area contributed by atoms with Crippen LogP contribution in [-0.4, -0.2) is 33.1 Å². The molecule has 0 radical (unpaired) electrons. The maximum absolute atomic E-state index is 12.0. The lowest BCUT2D eigenvalue weighted by atomic mass is 10.0. The van der Waals surface area contributed by atoms with Crippen molar-refractivity contribution in [2.45, 2.75) is 39.3 Å². The molecule has 0 heterocycles. The van der Waals surface area contributed by atoms with Crippen LogP contribution >= 0.6 is 0 Å². The third kappa shape index (κ3) is 5.38. The van der Waals surface area contributed by atoms with Gasteiger partial charge in [0, 0.05) is 32.9 Å². The molecule has 1 rings (SSSR count). The highest BCUT2D eigenvalue weighted by atomic mass is 16.2. The Balaban J connectivity index is 2.76. The molecular weight excluding hydrogens is 262 g/mol. The summed E-state index contributed by atoms with van der Waals surface area (Å²) in [6.07, 6.45) is 0.833. The van der Waals surface area contributed by atoms with Crippen molar-refractivity contribution >= 4 is 11.6 Å². The number of benzene rings is 1. The van der Waals surface area contributed by atoms with E-state index >= 15 is 0 Å². The van der Waals surface area contributed by atoms with Crippen molar-refractivity contribution in [3.05, 3.63) is 29.8 Å². The Kier molecular flexibility index (Phi) is 6.69. The molecule has 1 aromatic carbocycles. The van der Waals surface area contributed by atoms with Crippen LogP contribution in [0.25, 0.3) is 0 Å². The molecule has 0 aliphatic rings. The lowest BCUT2D eigenvalue weighted by molar-refractivity contribution is -0.123. The highest BCUT2D eigenvalue weighted by Crippen LogP contribution is 2.19. The van der Waals surface area contributed by atoms with Gasteiger partial charge in [-0.2, -0.15) is 0 Å². The molecule has 0 aliphatic heterocycles. The number of hydrogen-bond acceptors (Lipinski definition) is 3. The Morgan fingerprint density at radius 1 is 1.14 bits per heavy atom. The van der Waals surface area contributed by atoms with Gasteiger partial charge in [0.1, 0.15) is 0 Å². The fourth-order valence-corrected chi connectivity index (χ4v) is 2.36. The van der Waals surface area contributed by atoms with Crippen LogP contribution < -0.4 is 15.5 Å². The van der Waals surface area contributed by atoms with Crippen molar-refractivity contribution in [1.82, 2.24) is 10.6 Å². The van der Waals surface area contributed by atoms with Crippen LogP contribution in [0.3, 0.4) is 0 Å². The van der Waals surface area contributed by atoms with E-state index in [4.69, 9.17) is 0 Å². The second kappa shape index (κ2) is 8.03. The number of anilines is 1. The Morgan fingerprint density at radius 3 is 2.14 bits per heavy atom. The summed E-state index contributed by atoms with van der Waals surface area (Å²) in [5.74, 6) is 0.531. The van der Waals surface area contributed by atoms with Gasteiger partial charge in [-0.15, -0.1) is 0 Å². The molecule has 0 bridgehead atoms. The Labute approximate surface area is 128 Å². The van der Waals surface area contributed by atoms with Crippen LogP contribution in [0.5, 0.6) is 0 Å². The third-order valence-corrected chi connectivity index (χ3v) is 3.63. The SMILES string of the molecule is CNC(=O)C(CC(C)C)NC(C)c1ccc(N(C)C)cc1. The Hall–Kier alpha value is -1.55. The van der Waals surface area contributed by atoms with Crippen LogP contribution in [-0.2, 0) is 4.79 Å². The molecule has 0 aromatic heterocycles. The number of nitrogens with one attached hydrogen (secondary N) is 2. The maximum Gasteiger partial charge on any atom is 0.236 e. The summed E-state index contributed by atoms with van der Waals surface area (Å²) in [6.45, 7) is 6.36. The average molecular weight is 291 g/mol. The lowest BCUT2D eigenvalue weighted by Gasteiger charge is -2.24. The smallest absolute Gasteiger partial charge is 0.236 e. The molecule has 4 nitrogen and oxygen atoms in total. The normalized spacial score (nSPS) is 13.9. The van der Waals surface area contributed by atoms with Crippen LogP contribution in [0.4, 0.5) is 5.69 Å². The number of hydrogen-bond donors (Lipinski definition) is 2. The topological polar surface area (TPSA) is 44.4 Å². The third-order valence-electron chi connectivity index (χ3n) is 3.63. The van der Waals surface area contributed by atoms with Gasteiger partial charge in [0.25, 0.3) is 0 Å². The Morgan fingerprint density at radius 2 is 1.71 bits per heavy atom. The van der Waals surface area contributed by atoms with Crippen molar-refractivity contribution in [2.24, 2.45) is 5.92 Å².